The maximum atomic E-state index is 14.8. The van der Waals surface area contributed by atoms with E-state index in [9.17, 15) is 12.8 Å². The van der Waals surface area contributed by atoms with E-state index in [2.05, 4.69) is 38.9 Å². The summed E-state index contributed by atoms with van der Waals surface area (Å²) in [5, 5.41) is 1.20. The summed E-state index contributed by atoms with van der Waals surface area (Å²) in [6, 6.07) is 15.2. The Bertz CT molecular complexity index is 1520. The smallest absolute Gasteiger partial charge is 0.264 e. The summed E-state index contributed by atoms with van der Waals surface area (Å²) >= 11 is 12.3. The molecule has 0 amide bonds. The van der Waals surface area contributed by atoms with Gasteiger partial charge in [-0.15, -0.1) is 0 Å². The first-order valence-corrected chi connectivity index (χ1v) is 14.3. The molecule has 0 spiro atoms. The van der Waals surface area contributed by atoms with E-state index >= 15 is 0 Å². The molecule has 0 saturated carbocycles. The van der Waals surface area contributed by atoms with Gasteiger partial charge in [-0.3, -0.25) is 4.72 Å². The second-order valence-corrected chi connectivity index (χ2v) is 11.5. The number of sulfonamides is 1. The summed E-state index contributed by atoms with van der Waals surface area (Å²) in [5.74, 6) is -0.656. The summed E-state index contributed by atoms with van der Waals surface area (Å²) in [6.45, 7) is 2.53. The SMILES string of the molecule is O=S(=O)(Nc1ccc(Cl)c2c(Cl)c[nH]c12)c1ccc(OCCc2ccc(N3CCCCC3)cc2)cc1F. The summed E-state index contributed by atoms with van der Waals surface area (Å²) in [7, 11) is -4.22. The standard InChI is InChI=1S/C27H26Cl2FN3O3S/c28-21-9-10-24(27-26(21)22(29)17-31-27)32-37(34,35)25-11-8-20(16-23(25)30)36-15-12-18-4-6-19(7-5-18)33-13-2-1-3-14-33/h4-11,16-17,31-32H,1-3,12-15H2. The average molecular weight is 562 g/mol. The number of piperidine rings is 1. The zero-order valence-corrected chi connectivity index (χ0v) is 22.3. The molecule has 3 aromatic carbocycles. The number of nitrogens with one attached hydrogen (secondary N) is 2. The molecule has 6 nitrogen and oxygen atoms in total. The van der Waals surface area contributed by atoms with Crippen LogP contribution in [0.5, 0.6) is 5.75 Å². The van der Waals surface area contributed by atoms with Crippen molar-refractivity contribution < 1.29 is 17.5 Å². The van der Waals surface area contributed by atoms with E-state index in [1.807, 2.05) is 0 Å². The first-order valence-electron chi connectivity index (χ1n) is 12.1. The number of fused-ring (bicyclic) bond motifs is 1. The lowest BCUT2D eigenvalue weighted by molar-refractivity contribution is 0.319. The molecular weight excluding hydrogens is 536 g/mol. The number of H-pyrrole nitrogens is 1. The topological polar surface area (TPSA) is 74.4 Å². The van der Waals surface area contributed by atoms with Gasteiger partial charge in [-0.25, -0.2) is 12.8 Å². The second kappa shape index (κ2) is 10.8. The highest BCUT2D eigenvalue weighted by atomic mass is 35.5. The fourth-order valence-electron chi connectivity index (χ4n) is 4.55. The summed E-state index contributed by atoms with van der Waals surface area (Å²) in [6.07, 6.45) is 5.91. The predicted octanol–water partition coefficient (Wildman–Crippen LogP) is 7.03. The van der Waals surface area contributed by atoms with E-state index in [0.717, 1.165) is 24.7 Å². The highest BCUT2D eigenvalue weighted by Crippen LogP contribution is 2.35. The van der Waals surface area contributed by atoms with Gasteiger partial charge in [0.15, 0.2) is 0 Å². The van der Waals surface area contributed by atoms with E-state index in [4.69, 9.17) is 27.9 Å². The van der Waals surface area contributed by atoms with Crippen LogP contribution in [0.15, 0.2) is 65.7 Å². The predicted molar refractivity (Wildman–Crippen MR) is 147 cm³/mol. The van der Waals surface area contributed by atoms with Crippen LogP contribution in [0.25, 0.3) is 10.9 Å². The molecule has 0 unspecified atom stereocenters. The molecule has 0 bridgehead atoms. The molecule has 1 aliphatic heterocycles. The van der Waals surface area contributed by atoms with Gasteiger partial charge in [0.1, 0.15) is 16.5 Å². The molecule has 0 radical (unpaired) electrons. The van der Waals surface area contributed by atoms with Crippen LogP contribution in [0.2, 0.25) is 10.0 Å². The lowest BCUT2D eigenvalue weighted by atomic mass is 10.1. The number of hydrogen-bond acceptors (Lipinski definition) is 4. The number of rotatable bonds is 8. The van der Waals surface area contributed by atoms with Crippen molar-refractivity contribution in [2.24, 2.45) is 0 Å². The number of anilines is 2. The number of benzene rings is 3. The fourth-order valence-corrected chi connectivity index (χ4v) is 6.25. The van der Waals surface area contributed by atoms with Gasteiger partial charge in [-0.2, -0.15) is 0 Å². The van der Waals surface area contributed by atoms with Gasteiger partial charge < -0.3 is 14.6 Å². The molecule has 4 aromatic rings. The molecule has 1 saturated heterocycles. The molecule has 1 aliphatic rings. The zero-order chi connectivity index (χ0) is 26.0. The van der Waals surface area contributed by atoms with Gasteiger partial charge in [0.25, 0.3) is 10.0 Å². The lowest BCUT2D eigenvalue weighted by Crippen LogP contribution is -2.29. The number of aromatic amines is 1. The maximum Gasteiger partial charge on any atom is 0.264 e. The largest absolute Gasteiger partial charge is 0.493 e. The summed E-state index contributed by atoms with van der Waals surface area (Å²) < 4.78 is 48.8. The fraction of sp³-hybridized carbons (Fsp3) is 0.259. The first kappa shape index (κ1) is 25.7. The van der Waals surface area contributed by atoms with Crippen molar-refractivity contribution in [2.75, 3.05) is 29.3 Å². The van der Waals surface area contributed by atoms with Crippen molar-refractivity contribution in [1.29, 1.82) is 0 Å². The Morgan fingerprint density at radius 3 is 2.46 bits per heavy atom. The molecule has 0 aliphatic carbocycles. The summed E-state index contributed by atoms with van der Waals surface area (Å²) in [5.41, 5.74) is 2.96. The molecular formula is C27H26Cl2FN3O3S. The number of ether oxygens (including phenoxy) is 1. The van der Waals surface area contributed by atoms with Crippen LogP contribution in [0, 0.1) is 5.82 Å². The van der Waals surface area contributed by atoms with Crippen LogP contribution in [0.3, 0.4) is 0 Å². The average Bonchev–Trinajstić information content (AvgIpc) is 3.29. The molecule has 5 rings (SSSR count). The number of nitrogens with zero attached hydrogens (tertiary/aromatic N) is 1. The van der Waals surface area contributed by atoms with Crippen molar-refractivity contribution >= 4 is 55.5 Å². The van der Waals surface area contributed by atoms with Crippen molar-refractivity contribution in [3.63, 3.8) is 0 Å². The highest BCUT2D eigenvalue weighted by molar-refractivity contribution is 7.92. The van der Waals surface area contributed by atoms with Crippen LogP contribution in [0.1, 0.15) is 24.8 Å². The van der Waals surface area contributed by atoms with Crippen LogP contribution < -0.4 is 14.4 Å². The van der Waals surface area contributed by atoms with Gasteiger partial charge in [-0.05, 0) is 61.2 Å². The van der Waals surface area contributed by atoms with E-state index in [-0.39, 0.29) is 11.4 Å². The van der Waals surface area contributed by atoms with E-state index in [1.165, 1.54) is 55.4 Å². The third kappa shape index (κ3) is 5.66. The van der Waals surface area contributed by atoms with E-state index in [0.29, 0.717) is 34.0 Å². The van der Waals surface area contributed by atoms with Crippen molar-refractivity contribution in [3.8, 4) is 5.75 Å². The van der Waals surface area contributed by atoms with Crippen LogP contribution in [-0.2, 0) is 16.4 Å². The minimum Gasteiger partial charge on any atom is -0.493 e. The Labute approximate surface area is 225 Å². The van der Waals surface area contributed by atoms with Gasteiger partial charge in [-0.1, -0.05) is 35.3 Å². The Balaban J connectivity index is 1.22. The lowest BCUT2D eigenvalue weighted by Gasteiger charge is -2.28. The van der Waals surface area contributed by atoms with Crippen LogP contribution in [-0.4, -0.2) is 33.1 Å². The normalized spacial score (nSPS) is 14.2. The van der Waals surface area contributed by atoms with E-state index in [1.54, 1.807) is 0 Å². The Kier molecular flexibility index (Phi) is 7.51. The Morgan fingerprint density at radius 2 is 1.73 bits per heavy atom. The van der Waals surface area contributed by atoms with Gasteiger partial charge in [0.05, 0.1) is 27.9 Å². The van der Waals surface area contributed by atoms with Crippen LogP contribution in [0.4, 0.5) is 15.8 Å². The molecule has 0 atom stereocenters. The third-order valence-corrected chi connectivity index (χ3v) is 8.50. The monoisotopic (exact) mass is 561 g/mol. The van der Waals surface area contributed by atoms with Gasteiger partial charge in [0, 0.05) is 42.8 Å². The highest BCUT2D eigenvalue weighted by Gasteiger charge is 2.22. The molecule has 1 fully saturated rings. The molecule has 2 N–H and O–H groups in total. The molecule has 194 valence electrons. The molecule has 2 heterocycles. The first-order chi connectivity index (χ1) is 17.8. The summed E-state index contributed by atoms with van der Waals surface area (Å²) in [4.78, 5) is 4.80. The maximum absolute atomic E-state index is 14.8. The Hall–Kier alpha value is -2.94. The quantitative estimate of drug-likeness (QED) is 0.242. The van der Waals surface area contributed by atoms with Crippen molar-refractivity contribution in [3.05, 3.63) is 82.2 Å². The van der Waals surface area contributed by atoms with Crippen molar-refractivity contribution in [1.82, 2.24) is 4.98 Å². The minimum atomic E-state index is -4.22. The number of aromatic nitrogens is 1. The van der Waals surface area contributed by atoms with Gasteiger partial charge in [0.2, 0.25) is 0 Å². The second-order valence-electron chi connectivity index (χ2n) is 8.99. The Morgan fingerprint density at radius 1 is 0.973 bits per heavy atom. The molecule has 10 heteroatoms. The molecule has 1 aromatic heterocycles. The number of halogens is 3. The third-order valence-electron chi connectivity index (χ3n) is 6.49. The van der Waals surface area contributed by atoms with Gasteiger partial charge >= 0.3 is 0 Å². The van der Waals surface area contributed by atoms with E-state index < -0.39 is 20.7 Å². The minimum absolute atomic E-state index is 0.206. The zero-order valence-electron chi connectivity index (χ0n) is 19.9. The molecule has 37 heavy (non-hydrogen) atoms. The van der Waals surface area contributed by atoms with Crippen LogP contribution >= 0.6 is 23.2 Å². The number of hydrogen-bond donors (Lipinski definition) is 2. The van der Waals surface area contributed by atoms with Crippen molar-refractivity contribution in [2.45, 2.75) is 30.6 Å².